The Morgan fingerprint density at radius 1 is 1.47 bits per heavy atom. The van der Waals surface area contributed by atoms with E-state index in [0.29, 0.717) is 0 Å². The zero-order valence-electron chi connectivity index (χ0n) is 11.4. The molecule has 4 heteroatoms. The largest absolute Gasteiger partial charge is 0.396 e. The van der Waals surface area contributed by atoms with Crippen LogP contribution in [0.25, 0.3) is 0 Å². The summed E-state index contributed by atoms with van der Waals surface area (Å²) in [5.74, 6) is 0. The van der Waals surface area contributed by atoms with E-state index in [-0.39, 0.29) is 12.0 Å². The fraction of sp³-hybridized carbons (Fsp3) is 1.00. The van der Waals surface area contributed by atoms with Crippen LogP contribution < -0.4 is 5.32 Å². The van der Waals surface area contributed by atoms with Gasteiger partial charge in [0, 0.05) is 38.3 Å². The molecule has 0 aromatic heterocycles. The van der Waals surface area contributed by atoms with E-state index in [1.165, 1.54) is 6.42 Å². The molecular formula is C13H28N2O2. The third-order valence-electron chi connectivity index (χ3n) is 3.42. The molecule has 1 aliphatic heterocycles. The third kappa shape index (κ3) is 5.34. The molecule has 0 aromatic carbocycles. The van der Waals surface area contributed by atoms with Crippen molar-refractivity contribution in [1.82, 2.24) is 10.2 Å². The highest BCUT2D eigenvalue weighted by Gasteiger charge is 2.35. The Labute approximate surface area is 105 Å². The molecule has 1 heterocycles. The monoisotopic (exact) mass is 244 g/mol. The normalized spacial score (nSPS) is 24.7. The Balaban J connectivity index is 2.35. The fourth-order valence-electron chi connectivity index (χ4n) is 2.49. The van der Waals surface area contributed by atoms with Crippen molar-refractivity contribution in [1.29, 1.82) is 0 Å². The van der Waals surface area contributed by atoms with Gasteiger partial charge in [-0.1, -0.05) is 6.92 Å². The van der Waals surface area contributed by atoms with E-state index >= 15 is 0 Å². The summed E-state index contributed by atoms with van der Waals surface area (Å²) in [6, 6.07) is 0. The van der Waals surface area contributed by atoms with Gasteiger partial charge >= 0.3 is 0 Å². The molecule has 4 nitrogen and oxygen atoms in total. The molecule has 1 rings (SSSR count). The molecule has 0 amide bonds. The summed E-state index contributed by atoms with van der Waals surface area (Å²) in [6.07, 6.45) is 3.18. The molecule has 0 saturated carbocycles. The molecule has 0 bridgehead atoms. The van der Waals surface area contributed by atoms with Crippen LogP contribution in [0, 0.1) is 5.41 Å². The number of hydrogen-bond acceptors (Lipinski definition) is 4. The number of aliphatic hydroxyl groups is 1. The van der Waals surface area contributed by atoms with E-state index in [4.69, 9.17) is 9.84 Å². The number of nitrogens with zero attached hydrogens (tertiary/aromatic N) is 1. The summed E-state index contributed by atoms with van der Waals surface area (Å²) in [7, 11) is 2.13. The minimum atomic E-state index is 0.277. The first-order valence-corrected chi connectivity index (χ1v) is 6.80. The highest BCUT2D eigenvalue weighted by atomic mass is 16.5. The second kappa shape index (κ2) is 8.03. The summed E-state index contributed by atoms with van der Waals surface area (Å²) in [6.45, 7) is 8.39. The molecule has 1 saturated heterocycles. The standard InChI is InChI=1S/C13H28N2O2/c1-3-6-14-10-13(5-9-17-12-13)11-15(2)7-4-8-16/h14,16H,3-12H2,1-2H3. The van der Waals surface area contributed by atoms with E-state index < -0.39 is 0 Å². The van der Waals surface area contributed by atoms with Crippen molar-refractivity contribution < 1.29 is 9.84 Å². The van der Waals surface area contributed by atoms with E-state index in [9.17, 15) is 0 Å². The van der Waals surface area contributed by atoms with E-state index in [0.717, 1.165) is 52.2 Å². The third-order valence-corrected chi connectivity index (χ3v) is 3.42. The molecule has 1 atom stereocenters. The first kappa shape index (κ1) is 14.9. The topological polar surface area (TPSA) is 44.7 Å². The smallest absolute Gasteiger partial charge is 0.0547 e. The van der Waals surface area contributed by atoms with Gasteiger partial charge in [-0.3, -0.25) is 0 Å². The second-order valence-electron chi connectivity index (χ2n) is 5.29. The van der Waals surface area contributed by atoms with E-state index in [2.05, 4.69) is 24.2 Å². The van der Waals surface area contributed by atoms with Gasteiger partial charge in [-0.2, -0.15) is 0 Å². The van der Waals surface area contributed by atoms with Crippen LogP contribution in [0.4, 0.5) is 0 Å². The first-order valence-electron chi connectivity index (χ1n) is 6.80. The fourth-order valence-corrected chi connectivity index (χ4v) is 2.49. The van der Waals surface area contributed by atoms with Crippen molar-refractivity contribution in [3.05, 3.63) is 0 Å². The van der Waals surface area contributed by atoms with Crippen molar-refractivity contribution in [3.63, 3.8) is 0 Å². The van der Waals surface area contributed by atoms with Crippen LogP contribution in [0.2, 0.25) is 0 Å². The lowest BCUT2D eigenvalue weighted by Gasteiger charge is -2.32. The predicted molar refractivity (Wildman–Crippen MR) is 70.2 cm³/mol. The summed E-state index contributed by atoms with van der Waals surface area (Å²) >= 11 is 0. The van der Waals surface area contributed by atoms with Gasteiger partial charge in [-0.15, -0.1) is 0 Å². The molecule has 0 radical (unpaired) electrons. The highest BCUT2D eigenvalue weighted by Crippen LogP contribution is 2.28. The number of ether oxygens (including phenoxy) is 1. The van der Waals surface area contributed by atoms with Gasteiger partial charge < -0.3 is 20.1 Å². The Kier molecular flexibility index (Phi) is 7.04. The SMILES string of the molecule is CCCNCC1(CN(C)CCCO)CCOC1. The van der Waals surface area contributed by atoms with Crippen molar-refractivity contribution in [3.8, 4) is 0 Å². The molecular weight excluding hydrogens is 216 g/mol. The van der Waals surface area contributed by atoms with E-state index in [1.54, 1.807) is 0 Å². The van der Waals surface area contributed by atoms with Crippen molar-refractivity contribution in [2.24, 2.45) is 5.41 Å². The summed E-state index contributed by atoms with van der Waals surface area (Å²) in [5, 5.41) is 12.4. The minimum absolute atomic E-state index is 0.277. The van der Waals surface area contributed by atoms with E-state index in [1.807, 2.05) is 0 Å². The molecule has 1 aliphatic rings. The van der Waals surface area contributed by atoms with Crippen molar-refractivity contribution in [2.75, 3.05) is 53.0 Å². The van der Waals surface area contributed by atoms with Gasteiger partial charge in [-0.05, 0) is 32.9 Å². The molecule has 102 valence electrons. The molecule has 17 heavy (non-hydrogen) atoms. The Morgan fingerprint density at radius 3 is 2.88 bits per heavy atom. The number of hydrogen-bond donors (Lipinski definition) is 2. The molecule has 0 spiro atoms. The number of rotatable bonds is 9. The van der Waals surface area contributed by atoms with Gasteiger partial charge in [0.25, 0.3) is 0 Å². The number of nitrogens with one attached hydrogen (secondary N) is 1. The summed E-state index contributed by atoms with van der Waals surface area (Å²) < 4.78 is 5.58. The minimum Gasteiger partial charge on any atom is -0.396 e. The van der Waals surface area contributed by atoms with Crippen LogP contribution in [0.3, 0.4) is 0 Å². The van der Waals surface area contributed by atoms with Gasteiger partial charge in [0.2, 0.25) is 0 Å². The Bertz CT molecular complexity index is 194. The lowest BCUT2D eigenvalue weighted by molar-refractivity contribution is 0.116. The zero-order valence-corrected chi connectivity index (χ0v) is 11.4. The average Bonchev–Trinajstić information content (AvgIpc) is 2.75. The second-order valence-corrected chi connectivity index (χ2v) is 5.29. The van der Waals surface area contributed by atoms with Crippen molar-refractivity contribution in [2.45, 2.75) is 26.2 Å². The molecule has 0 aromatic rings. The van der Waals surface area contributed by atoms with Crippen LogP contribution in [-0.2, 0) is 4.74 Å². The predicted octanol–water partition coefficient (Wildman–Crippen LogP) is 0.707. The Hall–Kier alpha value is -0.160. The van der Waals surface area contributed by atoms with Crippen LogP contribution in [-0.4, -0.2) is 63.1 Å². The molecule has 1 unspecified atom stereocenters. The average molecular weight is 244 g/mol. The summed E-state index contributed by atoms with van der Waals surface area (Å²) in [4.78, 5) is 2.32. The van der Waals surface area contributed by atoms with Crippen LogP contribution in [0.1, 0.15) is 26.2 Å². The van der Waals surface area contributed by atoms with Crippen LogP contribution in [0.15, 0.2) is 0 Å². The maximum atomic E-state index is 8.85. The lowest BCUT2D eigenvalue weighted by Crippen LogP contribution is -2.44. The molecule has 2 N–H and O–H groups in total. The maximum absolute atomic E-state index is 8.85. The van der Waals surface area contributed by atoms with Crippen LogP contribution >= 0.6 is 0 Å². The zero-order chi connectivity index (χ0) is 12.6. The van der Waals surface area contributed by atoms with Gasteiger partial charge in [0.1, 0.15) is 0 Å². The maximum Gasteiger partial charge on any atom is 0.0547 e. The Morgan fingerprint density at radius 2 is 2.29 bits per heavy atom. The van der Waals surface area contributed by atoms with Crippen molar-refractivity contribution >= 4 is 0 Å². The first-order chi connectivity index (χ1) is 8.22. The molecule has 0 aliphatic carbocycles. The van der Waals surface area contributed by atoms with Crippen LogP contribution in [0.5, 0.6) is 0 Å². The lowest BCUT2D eigenvalue weighted by atomic mass is 9.86. The van der Waals surface area contributed by atoms with Gasteiger partial charge in [0.15, 0.2) is 0 Å². The molecule has 1 fully saturated rings. The summed E-state index contributed by atoms with van der Waals surface area (Å²) in [5.41, 5.74) is 0.277. The highest BCUT2D eigenvalue weighted by molar-refractivity contribution is 4.87. The van der Waals surface area contributed by atoms with Gasteiger partial charge in [0.05, 0.1) is 6.61 Å². The van der Waals surface area contributed by atoms with Gasteiger partial charge in [-0.25, -0.2) is 0 Å². The quantitative estimate of drug-likeness (QED) is 0.586. The number of aliphatic hydroxyl groups excluding tert-OH is 1.